The summed E-state index contributed by atoms with van der Waals surface area (Å²) in [6.07, 6.45) is 1.20. The Kier molecular flexibility index (Phi) is 5.57. The summed E-state index contributed by atoms with van der Waals surface area (Å²) < 4.78 is 25.5. The number of carbonyl (C=O) groups excluding carboxylic acids is 1. The summed E-state index contributed by atoms with van der Waals surface area (Å²) in [7, 11) is 2.03. The first-order valence-corrected chi connectivity index (χ1v) is 5.61. The number of hydrogen-bond donors (Lipinski definition) is 0. The zero-order valence-corrected chi connectivity index (χ0v) is 10.4. The van der Waals surface area contributed by atoms with Crippen molar-refractivity contribution in [1.82, 2.24) is 4.90 Å². The topological polar surface area (TPSA) is 65.1 Å². The fraction of sp³-hybridized carbons (Fsp3) is 0.625. The summed E-state index contributed by atoms with van der Waals surface area (Å²) in [5, 5.41) is 0. The predicted octanol–water partition coefficient (Wildman–Crippen LogP) is 1.40. The fourth-order valence-corrected chi connectivity index (χ4v) is 1.36. The van der Waals surface area contributed by atoms with Gasteiger partial charge in [0.1, 0.15) is 5.76 Å². The average molecular weight is 237 g/mol. The first kappa shape index (κ1) is 14.2. The molecule has 0 heterocycles. The summed E-state index contributed by atoms with van der Waals surface area (Å²) in [5.74, 6) is -0.105. The second-order valence-corrected chi connectivity index (χ2v) is 4.70. The van der Waals surface area contributed by atoms with Gasteiger partial charge in [-0.2, -0.15) is 0 Å². The average Bonchev–Trinajstić information content (AvgIpc) is 2.17. The number of phosphoric ester groups is 1. The summed E-state index contributed by atoms with van der Waals surface area (Å²) in [4.78, 5) is 12.6. The minimum absolute atomic E-state index is 0.167. The molecule has 0 bridgehead atoms. The van der Waals surface area contributed by atoms with E-state index in [2.05, 4.69) is 9.05 Å². The van der Waals surface area contributed by atoms with E-state index in [0.29, 0.717) is 0 Å². The number of nitrogens with zero attached hydrogens (tertiary/aromatic N) is 1. The Morgan fingerprint density at radius 3 is 2.07 bits per heavy atom. The van der Waals surface area contributed by atoms with Crippen LogP contribution in [0.15, 0.2) is 11.8 Å². The van der Waals surface area contributed by atoms with Gasteiger partial charge in [-0.05, 0) is 6.92 Å². The molecule has 0 fully saturated rings. The Morgan fingerprint density at radius 2 is 1.73 bits per heavy atom. The summed E-state index contributed by atoms with van der Waals surface area (Å²) >= 11 is 0. The van der Waals surface area contributed by atoms with Crippen molar-refractivity contribution in [3.8, 4) is 0 Å². The lowest BCUT2D eigenvalue weighted by atomic mass is 10.4. The molecule has 0 radical (unpaired) electrons. The van der Waals surface area contributed by atoms with E-state index in [-0.39, 0.29) is 11.7 Å². The van der Waals surface area contributed by atoms with Crippen molar-refractivity contribution in [2.45, 2.75) is 6.92 Å². The van der Waals surface area contributed by atoms with E-state index in [9.17, 15) is 9.36 Å². The van der Waals surface area contributed by atoms with Crippen LogP contribution < -0.4 is 0 Å². The lowest BCUT2D eigenvalue weighted by Crippen LogP contribution is -2.19. The molecule has 7 heteroatoms. The van der Waals surface area contributed by atoms with Gasteiger partial charge >= 0.3 is 7.82 Å². The van der Waals surface area contributed by atoms with Crippen LogP contribution in [0.1, 0.15) is 6.92 Å². The van der Waals surface area contributed by atoms with Crippen molar-refractivity contribution >= 4 is 13.7 Å². The standard InChI is InChI=1S/C8H16NO5P/c1-7(6-8(10)9(2)3)14-15(11,12-4)13-5/h6H,1-5H3/b7-6-. The van der Waals surface area contributed by atoms with Crippen LogP contribution >= 0.6 is 7.82 Å². The quantitative estimate of drug-likeness (QED) is 0.410. The number of allylic oxidation sites excluding steroid dienone is 1. The summed E-state index contributed by atoms with van der Waals surface area (Å²) in [6, 6.07) is 0. The van der Waals surface area contributed by atoms with Crippen LogP contribution in [0.5, 0.6) is 0 Å². The molecular formula is C8H16NO5P. The Balaban J connectivity index is 4.55. The molecule has 0 saturated carbocycles. The molecular weight excluding hydrogens is 221 g/mol. The molecule has 0 aliphatic heterocycles. The highest BCUT2D eigenvalue weighted by Crippen LogP contribution is 2.49. The molecule has 0 saturated heterocycles. The van der Waals surface area contributed by atoms with Crippen LogP contribution in [0.2, 0.25) is 0 Å². The lowest BCUT2D eigenvalue weighted by molar-refractivity contribution is -0.123. The fourth-order valence-electron chi connectivity index (χ4n) is 0.655. The van der Waals surface area contributed by atoms with Gasteiger partial charge in [0, 0.05) is 34.4 Å². The smallest absolute Gasteiger partial charge is 0.409 e. The second kappa shape index (κ2) is 5.90. The second-order valence-electron chi connectivity index (χ2n) is 2.89. The molecule has 15 heavy (non-hydrogen) atoms. The maximum atomic E-state index is 11.5. The molecule has 0 aliphatic carbocycles. The molecule has 0 N–H and O–H groups in total. The van der Waals surface area contributed by atoms with Crippen LogP contribution in [0.25, 0.3) is 0 Å². The van der Waals surface area contributed by atoms with Gasteiger partial charge in [-0.1, -0.05) is 0 Å². The van der Waals surface area contributed by atoms with Gasteiger partial charge in [-0.15, -0.1) is 0 Å². The van der Waals surface area contributed by atoms with Gasteiger partial charge in [0.25, 0.3) is 0 Å². The van der Waals surface area contributed by atoms with Crippen LogP contribution in [0, 0.1) is 0 Å². The molecule has 0 aromatic carbocycles. The highest BCUT2D eigenvalue weighted by molar-refractivity contribution is 7.48. The highest BCUT2D eigenvalue weighted by atomic mass is 31.2. The molecule has 0 aromatic rings. The first-order chi connectivity index (χ1) is 6.84. The number of amides is 1. The third kappa shape index (κ3) is 4.97. The minimum atomic E-state index is -3.56. The zero-order chi connectivity index (χ0) is 12.1. The number of phosphoric acid groups is 1. The predicted molar refractivity (Wildman–Crippen MR) is 55.2 cm³/mol. The highest BCUT2D eigenvalue weighted by Gasteiger charge is 2.24. The van der Waals surface area contributed by atoms with Gasteiger partial charge in [-0.25, -0.2) is 4.57 Å². The number of hydrogen-bond acceptors (Lipinski definition) is 5. The monoisotopic (exact) mass is 237 g/mol. The van der Waals surface area contributed by atoms with E-state index in [1.165, 1.54) is 32.1 Å². The van der Waals surface area contributed by atoms with Crippen LogP contribution in [0.4, 0.5) is 0 Å². The Hall–Kier alpha value is -0.840. The normalized spacial score (nSPS) is 12.5. The lowest BCUT2D eigenvalue weighted by Gasteiger charge is -2.14. The molecule has 0 atom stereocenters. The maximum Gasteiger partial charge on any atom is 0.529 e. The van der Waals surface area contributed by atoms with E-state index in [1.54, 1.807) is 14.1 Å². The Labute approximate surface area is 89.4 Å². The molecule has 88 valence electrons. The van der Waals surface area contributed by atoms with E-state index in [0.717, 1.165) is 0 Å². The van der Waals surface area contributed by atoms with E-state index < -0.39 is 7.82 Å². The van der Waals surface area contributed by atoms with E-state index in [4.69, 9.17) is 4.52 Å². The molecule has 0 spiro atoms. The van der Waals surface area contributed by atoms with Crippen molar-refractivity contribution in [1.29, 1.82) is 0 Å². The van der Waals surface area contributed by atoms with E-state index >= 15 is 0 Å². The maximum absolute atomic E-state index is 11.5. The number of carbonyl (C=O) groups is 1. The van der Waals surface area contributed by atoms with Gasteiger partial charge < -0.3 is 9.42 Å². The van der Waals surface area contributed by atoms with Crippen molar-refractivity contribution < 1.29 is 22.9 Å². The number of rotatable bonds is 5. The molecule has 0 aliphatic rings. The minimum Gasteiger partial charge on any atom is -0.409 e. The molecule has 0 rings (SSSR count). The number of likely N-dealkylation sites (N-methyl/N-ethyl adjacent to an activating group) is 1. The first-order valence-electron chi connectivity index (χ1n) is 4.15. The van der Waals surface area contributed by atoms with Crippen molar-refractivity contribution in [2.75, 3.05) is 28.3 Å². The van der Waals surface area contributed by atoms with Crippen molar-refractivity contribution in [3.63, 3.8) is 0 Å². The van der Waals surface area contributed by atoms with E-state index in [1.807, 2.05) is 0 Å². The zero-order valence-electron chi connectivity index (χ0n) is 9.51. The summed E-state index contributed by atoms with van der Waals surface area (Å²) in [6.45, 7) is 1.49. The van der Waals surface area contributed by atoms with Gasteiger partial charge in [0.05, 0.1) is 0 Å². The summed E-state index contributed by atoms with van der Waals surface area (Å²) in [5.41, 5.74) is 0. The largest absolute Gasteiger partial charge is 0.529 e. The van der Waals surface area contributed by atoms with Gasteiger partial charge in [0.15, 0.2) is 0 Å². The molecule has 1 amide bonds. The molecule has 0 unspecified atom stereocenters. The van der Waals surface area contributed by atoms with Crippen LogP contribution in [-0.4, -0.2) is 39.1 Å². The van der Waals surface area contributed by atoms with Crippen LogP contribution in [-0.2, 0) is 22.9 Å². The molecule has 0 aromatic heterocycles. The Morgan fingerprint density at radius 1 is 1.27 bits per heavy atom. The third-order valence-electron chi connectivity index (χ3n) is 1.47. The van der Waals surface area contributed by atoms with Gasteiger partial charge in [-0.3, -0.25) is 13.8 Å². The third-order valence-corrected chi connectivity index (χ3v) is 2.88. The SMILES string of the molecule is COP(=O)(OC)O/C(C)=C\C(=O)N(C)C. The molecule has 6 nitrogen and oxygen atoms in total. The van der Waals surface area contributed by atoms with Crippen molar-refractivity contribution in [3.05, 3.63) is 11.8 Å². The Bertz CT molecular complexity index is 291. The van der Waals surface area contributed by atoms with Crippen LogP contribution in [0.3, 0.4) is 0 Å². The van der Waals surface area contributed by atoms with Crippen molar-refractivity contribution in [2.24, 2.45) is 0 Å². The van der Waals surface area contributed by atoms with Gasteiger partial charge in [0.2, 0.25) is 5.91 Å².